The third-order valence-corrected chi connectivity index (χ3v) is 4.96. The Kier molecular flexibility index (Phi) is 6.25. The number of amides is 2. The fourth-order valence-corrected chi connectivity index (χ4v) is 3.26. The van der Waals surface area contributed by atoms with Gasteiger partial charge in [0.1, 0.15) is 5.82 Å². The molecule has 150 valence electrons. The van der Waals surface area contributed by atoms with Crippen LogP contribution in [0.15, 0.2) is 53.1 Å². The molecule has 0 fully saturated rings. The smallest absolute Gasteiger partial charge is 0.291 e. The molecule has 0 aliphatic heterocycles. The number of rotatable bonds is 5. The van der Waals surface area contributed by atoms with Crippen molar-refractivity contribution < 1.29 is 18.4 Å². The average Bonchev–Trinajstić information content (AvgIpc) is 3.21. The minimum Gasteiger partial charge on any atom is -0.459 e. The van der Waals surface area contributed by atoms with Crippen LogP contribution in [0.3, 0.4) is 0 Å². The molecule has 2 N–H and O–H groups in total. The number of anilines is 1. The highest BCUT2D eigenvalue weighted by atomic mass is 35.5. The molecule has 0 saturated heterocycles. The first kappa shape index (κ1) is 20.9. The monoisotopic (exact) mass is 434 g/mol. The van der Waals surface area contributed by atoms with Crippen LogP contribution in [0.5, 0.6) is 0 Å². The van der Waals surface area contributed by atoms with Crippen LogP contribution in [0.2, 0.25) is 10.0 Å². The van der Waals surface area contributed by atoms with Crippen LogP contribution < -0.4 is 10.6 Å². The maximum atomic E-state index is 13.8. The van der Waals surface area contributed by atoms with Gasteiger partial charge in [0.15, 0.2) is 5.76 Å². The van der Waals surface area contributed by atoms with Crippen molar-refractivity contribution in [2.45, 2.75) is 19.9 Å². The zero-order chi connectivity index (χ0) is 21.1. The number of halogens is 3. The Morgan fingerprint density at radius 2 is 1.83 bits per heavy atom. The fourth-order valence-electron chi connectivity index (χ4n) is 2.72. The Labute approximate surface area is 176 Å². The topological polar surface area (TPSA) is 71.3 Å². The average molecular weight is 435 g/mol. The van der Waals surface area contributed by atoms with E-state index < -0.39 is 23.7 Å². The molecule has 2 aromatic carbocycles. The number of carbonyl (C=O) groups excluding carboxylic acids is 2. The number of nitrogens with one attached hydrogen (secondary N) is 2. The van der Waals surface area contributed by atoms with Crippen LogP contribution in [0.1, 0.15) is 45.0 Å². The molecule has 3 rings (SSSR count). The molecule has 5 nitrogen and oxygen atoms in total. The van der Waals surface area contributed by atoms with Crippen molar-refractivity contribution in [3.8, 4) is 0 Å². The van der Waals surface area contributed by atoms with E-state index >= 15 is 0 Å². The molecule has 1 heterocycles. The van der Waals surface area contributed by atoms with Gasteiger partial charge < -0.3 is 15.1 Å². The predicted octanol–water partition coefficient (Wildman–Crippen LogP) is 5.78. The summed E-state index contributed by atoms with van der Waals surface area (Å²) in [5.74, 6) is -1.29. The summed E-state index contributed by atoms with van der Waals surface area (Å²) in [4.78, 5) is 24.9. The summed E-state index contributed by atoms with van der Waals surface area (Å²) >= 11 is 11.8. The quantitative estimate of drug-likeness (QED) is 0.500. The predicted molar refractivity (Wildman–Crippen MR) is 110 cm³/mol. The summed E-state index contributed by atoms with van der Waals surface area (Å²) in [5.41, 5.74) is 1.97. The van der Waals surface area contributed by atoms with Crippen LogP contribution in [0.4, 0.5) is 10.1 Å². The number of benzene rings is 2. The van der Waals surface area contributed by atoms with Gasteiger partial charge in [-0.3, -0.25) is 9.59 Å². The first-order chi connectivity index (χ1) is 13.8. The van der Waals surface area contributed by atoms with E-state index in [0.29, 0.717) is 16.8 Å². The summed E-state index contributed by atoms with van der Waals surface area (Å²) in [5, 5.41) is 5.64. The van der Waals surface area contributed by atoms with E-state index in [-0.39, 0.29) is 15.8 Å². The van der Waals surface area contributed by atoms with Crippen molar-refractivity contribution in [3.63, 3.8) is 0 Å². The molecule has 0 spiro atoms. The molecule has 0 aliphatic rings. The molecule has 0 bridgehead atoms. The SMILES string of the molecule is Cc1ccc(C(=O)NC(C)c2cc(F)c(Cl)cc2Cl)cc1NC(=O)c1ccco1. The highest BCUT2D eigenvalue weighted by Gasteiger charge is 2.18. The highest BCUT2D eigenvalue weighted by molar-refractivity contribution is 6.35. The summed E-state index contributed by atoms with van der Waals surface area (Å²) in [7, 11) is 0. The highest BCUT2D eigenvalue weighted by Crippen LogP contribution is 2.29. The van der Waals surface area contributed by atoms with Gasteiger partial charge in [0.25, 0.3) is 11.8 Å². The molecule has 0 saturated carbocycles. The third kappa shape index (κ3) is 4.78. The van der Waals surface area contributed by atoms with Crippen LogP contribution in [0, 0.1) is 12.7 Å². The van der Waals surface area contributed by atoms with E-state index in [1.165, 1.54) is 24.5 Å². The first-order valence-corrected chi connectivity index (χ1v) is 9.42. The molecular formula is C21H17Cl2FN2O3. The van der Waals surface area contributed by atoms with Gasteiger partial charge in [0, 0.05) is 16.3 Å². The maximum absolute atomic E-state index is 13.8. The van der Waals surface area contributed by atoms with E-state index in [0.717, 1.165) is 5.56 Å². The lowest BCUT2D eigenvalue weighted by molar-refractivity contribution is 0.0938. The van der Waals surface area contributed by atoms with Crippen molar-refractivity contribution in [2.75, 3.05) is 5.32 Å². The molecule has 2 amide bonds. The Hall–Kier alpha value is -2.83. The second-order valence-electron chi connectivity index (χ2n) is 6.44. The van der Waals surface area contributed by atoms with Crippen molar-refractivity contribution in [2.24, 2.45) is 0 Å². The zero-order valence-corrected chi connectivity index (χ0v) is 17.1. The molecule has 1 atom stereocenters. The maximum Gasteiger partial charge on any atom is 0.291 e. The number of aryl methyl sites for hydroxylation is 1. The fraction of sp³-hybridized carbons (Fsp3) is 0.143. The van der Waals surface area contributed by atoms with Crippen LogP contribution >= 0.6 is 23.2 Å². The van der Waals surface area contributed by atoms with Crippen LogP contribution in [-0.2, 0) is 0 Å². The van der Waals surface area contributed by atoms with Crippen molar-refractivity contribution in [1.82, 2.24) is 5.32 Å². The van der Waals surface area contributed by atoms with Gasteiger partial charge in [-0.15, -0.1) is 0 Å². The third-order valence-electron chi connectivity index (χ3n) is 4.35. The second-order valence-corrected chi connectivity index (χ2v) is 7.26. The molecule has 29 heavy (non-hydrogen) atoms. The van der Waals surface area contributed by atoms with E-state index in [2.05, 4.69) is 10.6 Å². The van der Waals surface area contributed by atoms with Crippen molar-refractivity contribution >= 4 is 40.7 Å². The van der Waals surface area contributed by atoms with Gasteiger partial charge in [-0.05, 0) is 61.4 Å². The summed E-state index contributed by atoms with van der Waals surface area (Å²) in [6.07, 6.45) is 1.40. The van der Waals surface area contributed by atoms with E-state index in [9.17, 15) is 14.0 Å². The summed E-state index contributed by atoms with van der Waals surface area (Å²) < 4.78 is 18.8. The summed E-state index contributed by atoms with van der Waals surface area (Å²) in [6.45, 7) is 3.48. The van der Waals surface area contributed by atoms with Gasteiger partial charge in [-0.1, -0.05) is 29.3 Å². The molecule has 3 aromatic rings. The van der Waals surface area contributed by atoms with E-state index in [4.69, 9.17) is 27.6 Å². The number of hydrogen-bond acceptors (Lipinski definition) is 3. The van der Waals surface area contributed by atoms with Gasteiger partial charge in [-0.2, -0.15) is 0 Å². The first-order valence-electron chi connectivity index (χ1n) is 8.67. The molecule has 0 aliphatic carbocycles. The Morgan fingerprint density at radius 3 is 2.52 bits per heavy atom. The van der Waals surface area contributed by atoms with Gasteiger partial charge in [0.05, 0.1) is 17.3 Å². The normalized spacial score (nSPS) is 11.8. The number of furan rings is 1. The van der Waals surface area contributed by atoms with Gasteiger partial charge in [-0.25, -0.2) is 4.39 Å². The largest absolute Gasteiger partial charge is 0.459 e. The van der Waals surface area contributed by atoms with Crippen molar-refractivity contribution in [3.05, 3.63) is 87.0 Å². The molecule has 1 aromatic heterocycles. The lowest BCUT2D eigenvalue weighted by Gasteiger charge is -2.17. The Balaban J connectivity index is 1.77. The number of carbonyl (C=O) groups is 2. The molecule has 0 radical (unpaired) electrons. The second kappa shape index (κ2) is 8.68. The van der Waals surface area contributed by atoms with E-state index in [1.54, 1.807) is 38.1 Å². The zero-order valence-electron chi connectivity index (χ0n) is 15.6. The van der Waals surface area contributed by atoms with Gasteiger partial charge in [0.2, 0.25) is 0 Å². The lowest BCUT2D eigenvalue weighted by atomic mass is 10.1. The lowest BCUT2D eigenvalue weighted by Crippen LogP contribution is -2.27. The standard InChI is InChI=1S/C21H17Cl2FN2O3/c1-11-5-6-13(8-18(11)26-21(28)19-4-3-7-29-19)20(27)25-12(2)14-9-17(24)16(23)10-15(14)22/h3-10,12H,1-2H3,(H,25,27)(H,26,28). The Bertz CT molecular complexity index is 1070. The van der Waals surface area contributed by atoms with Crippen LogP contribution in [0.25, 0.3) is 0 Å². The van der Waals surface area contributed by atoms with Crippen LogP contribution in [-0.4, -0.2) is 11.8 Å². The number of hydrogen-bond donors (Lipinski definition) is 2. The van der Waals surface area contributed by atoms with Gasteiger partial charge >= 0.3 is 0 Å². The van der Waals surface area contributed by atoms with Crippen molar-refractivity contribution in [1.29, 1.82) is 0 Å². The summed E-state index contributed by atoms with van der Waals surface area (Å²) in [6, 6.07) is 9.97. The molecule has 1 unspecified atom stereocenters. The molecular weight excluding hydrogens is 418 g/mol. The minimum absolute atomic E-state index is 0.0900. The van der Waals surface area contributed by atoms with E-state index in [1.807, 2.05) is 0 Å². The minimum atomic E-state index is -0.620. The Morgan fingerprint density at radius 1 is 1.07 bits per heavy atom. The molecule has 8 heteroatoms.